The van der Waals surface area contributed by atoms with Gasteiger partial charge in [-0.3, -0.25) is 0 Å². The summed E-state index contributed by atoms with van der Waals surface area (Å²) in [6.45, 7) is 7.04. The van der Waals surface area contributed by atoms with Crippen molar-refractivity contribution in [3.8, 4) is 0 Å². The van der Waals surface area contributed by atoms with E-state index >= 15 is 0 Å². The molecule has 6 heteroatoms. The zero-order chi connectivity index (χ0) is 12.1. The van der Waals surface area contributed by atoms with Gasteiger partial charge in [-0.25, -0.2) is 9.59 Å². The van der Waals surface area contributed by atoms with E-state index in [2.05, 4.69) is 10.1 Å². The minimum Gasteiger partial charge on any atom is -0.467 e. The quantitative estimate of drug-likeness (QED) is 0.579. The molecule has 1 atom stereocenters. The Balaban J connectivity index is 0. The fourth-order valence-corrected chi connectivity index (χ4v) is 0.920. The van der Waals surface area contributed by atoms with E-state index in [0.29, 0.717) is 6.42 Å². The number of carbonyl (C=O) groups is 2. The number of hydrogen-bond acceptors (Lipinski definition) is 4. The summed E-state index contributed by atoms with van der Waals surface area (Å²) in [5.41, 5.74) is -0.571. The van der Waals surface area contributed by atoms with E-state index in [-0.39, 0.29) is 8.41 Å². The van der Waals surface area contributed by atoms with E-state index in [1.807, 2.05) is 0 Å². The number of amides is 1. The van der Waals surface area contributed by atoms with Crippen molar-refractivity contribution in [3.05, 3.63) is 0 Å². The second-order valence-corrected chi connectivity index (χ2v) is 4.13. The average Bonchev–Trinajstić information content (AvgIpc) is 2.10. The van der Waals surface area contributed by atoms with Gasteiger partial charge in [-0.2, -0.15) is 0 Å². The van der Waals surface area contributed by atoms with Crippen LogP contribution in [0.4, 0.5) is 4.79 Å². The number of carbonyl (C=O) groups excluding carboxylic acids is 2. The van der Waals surface area contributed by atoms with Gasteiger partial charge in [0, 0.05) is 8.41 Å². The summed E-state index contributed by atoms with van der Waals surface area (Å²) >= 11 is 0. The van der Waals surface area contributed by atoms with Crippen LogP contribution in [0.1, 0.15) is 34.1 Å². The summed E-state index contributed by atoms with van der Waals surface area (Å²) in [7, 11) is 1.28. The van der Waals surface area contributed by atoms with Crippen LogP contribution in [-0.4, -0.2) is 39.2 Å². The highest BCUT2D eigenvalue weighted by Gasteiger charge is 2.23. The summed E-state index contributed by atoms with van der Waals surface area (Å²) in [6, 6.07) is -0.648. The first-order valence-electron chi connectivity index (χ1n) is 4.87. The van der Waals surface area contributed by atoms with Crippen molar-refractivity contribution in [1.29, 1.82) is 0 Å². The lowest BCUT2D eigenvalue weighted by atomic mass is 10.2. The summed E-state index contributed by atoms with van der Waals surface area (Å²) in [6.07, 6.45) is -0.147. The van der Waals surface area contributed by atoms with Gasteiger partial charge in [0.05, 0.1) is 7.11 Å². The molecule has 0 rings (SSSR count). The number of ether oxygens (including phenoxy) is 2. The van der Waals surface area contributed by atoms with E-state index in [0.717, 1.165) is 0 Å². The molecular weight excluding hydrogens is 209 g/mol. The van der Waals surface area contributed by atoms with Gasteiger partial charge in [0.1, 0.15) is 11.6 Å². The molecule has 0 saturated carbocycles. The van der Waals surface area contributed by atoms with E-state index in [4.69, 9.17) is 4.74 Å². The molecule has 0 aromatic carbocycles. The first-order chi connectivity index (χ1) is 6.80. The fraction of sp³-hybridized carbons (Fsp3) is 0.800. The highest BCUT2D eigenvalue weighted by Crippen LogP contribution is 2.07. The Kier molecular flexibility index (Phi) is 7.68. The first-order valence-corrected chi connectivity index (χ1v) is 4.87. The molecule has 3 radical (unpaired) electrons. The van der Waals surface area contributed by atoms with E-state index in [1.165, 1.54) is 7.11 Å². The Hall–Kier alpha value is -1.20. The van der Waals surface area contributed by atoms with Crippen molar-refractivity contribution in [2.45, 2.75) is 45.8 Å². The van der Waals surface area contributed by atoms with Crippen molar-refractivity contribution in [2.24, 2.45) is 0 Å². The predicted molar refractivity (Wildman–Crippen MR) is 61.2 cm³/mol. The Morgan fingerprint density at radius 1 is 1.31 bits per heavy atom. The van der Waals surface area contributed by atoms with Gasteiger partial charge in [0.15, 0.2) is 0 Å². The highest BCUT2D eigenvalue weighted by molar-refractivity contribution is 5.81. The van der Waals surface area contributed by atoms with Gasteiger partial charge in [0.2, 0.25) is 0 Å². The third-order valence-electron chi connectivity index (χ3n) is 1.58. The zero-order valence-corrected chi connectivity index (χ0v) is 10.5. The van der Waals surface area contributed by atoms with Crippen LogP contribution >= 0.6 is 0 Å². The molecule has 16 heavy (non-hydrogen) atoms. The van der Waals surface area contributed by atoms with Gasteiger partial charge in [-0.1, -0.05) is 6.92 Å². The lowest BCUT2D eigenvalue weighted by Gasteiger charge is -2.21. The van der Waals surface area contributed by atoms with Crippen LogP contribution in [0, 0.1) is 0 Å². The molecule has 0 saturated heterocycles. The highest BCUT2D eigenvalue weighted by atomic mass is 16.6. The summed E-state index contributed by atoms with van der Waals surface area (Å²) in [5, 5.41) is 2.44. The molecule has 0 aromatic rings. The Bertz CT molecular complexity index is 237. The molecule has 0 aliphatic rings. The number of methoxy groups -OCH3 is 1. The average molecular weight is 228 g/mol. The molecule has 1 amide bonds. The second-order valence-electron chi connectivity index (χ2n) is 4.13. The molecule has 1 N–H and O–H groups in total. The number of alkyl carbamates (subject to hydrolysis) is 1. The summed E-state index contributed by atoms with van der Waals surface area (Å²) in [4.78, 5) is 22.5. The van der Waals surface area contributed by atoms with Crippen LogP contribution in [0.2, 0.25) is 0 Å². The van der Waals surface area contributed by atoms with Crippen molar-refractivity contribution in [2.75, 3.05) is 7.11 Å². The first kappa shape index (κ1) is 17.2. The maximum absolute atomic E-state index is 11.3. The molecule has 91 valence electrons. The Morgan fingerprint density at radius 3 is 2.12 bits per heavy atom. The van der Waals surface area contributed by atoms with Crippen LogP contribution in [0.15, 0.2) is 0 Å². The summed E-state index contributed by atoms with van der Waals surface area (Å²) < 4.78 is 9.53. The van der Waals surface area contributed by atoms with Crippen molar-refractivity contribution >= 4 is 20.5 Å². The molecule has 0 aliphatic carbocycles. The number of rotatable bonds is 3. The van der Waals surface area contributed by atoms with Gasteiger partial charge in [-0.05, 0) is 27.2 Å². The van der Waals surface area contributed by atoms with Crippen molar-refractivity contribution < 1.29 is 19.1 Å². The Labute approximate surface area is 98.4 Å². The van der Waals surface area contributed by atoms with Crippen molar-refractivity contribution in [1.82, 2.24) is 5.32 Å². The van der Waals surface area contributed by atoms with Gasteiger partial charge in [0.25, 0.3) is 0 Å². The molecule has 0 aliphatic heterocycles. The molecular formula is C10H19BNO4. The van der Waals surface area contributed by atoms with E-state index in [1.54, 1.807) is 27.7 Å². The predicted octanol–water partition coefficient (Wildman–Crippen LogP) is 1.08. The van der Waals surface area contributed by atoms with Crippen LogP contribution < -0.4 is 5.32 Å². The number of hydrogen-bond donors (Lipinski definition) is 1. The second kappa shape index (κ2) is 7.14. The van der Waals surface area contributed by atoms with Gasteiger partial charge in [-0.15, -0.1) is 0 Å². The van der Waals surface area contributed by atoms with Gasteiger partial charge >= 0.3 is 12.1 Å². The number of esters is 1. The number of nitrogens with one attached hydrogen (secondary N) is 1. The molecule has 0 fully saturated rings. The monoisotopic (exact) mass is 228 g/mol. The largest absolute Gasteiger partial charge is 0.467 e. The molecule has 1 unspecified atom stereocenters. The summed E-state index contributed by atoms with van der Waals surface area (Å²) in [5.74, 6) is -0.469. The van der Waals surface area contributed by atoms with E-state index in [9.17, 15) is 9.59 Å². The Morgan fingerprint density at radius 2 is 1.81 bits per heavy atom. The van der Waals surface area contributed by atoms with E-state index < -0.39 is 23.7 Å². The lowest BCUT2D eigenvalue weighted by Crippen LogP contribution is -2.43. The smallest absolute Gasteiger partial charge is 0.408 e. The molecule has 0 bridgehead atoms. The third kappa shape index (κ3) is 7.14. The van der Waals surface area contributed by atoms with Gasteiger partial charge < -0.3 is 14.8 Å². The molecule has 0 spiro atoms. The molecule has 5 nitrogen and oxygen atoms in total. The fourth-order valence-electron chi connectivity index (χ4n) is 0.920. The van der Waals surface area contributed by atoms with Crippen LogP contribution in [0.5, 0.6) is 0 Å². The third-order valence-corrected chi connectivity index (χ3v) is 1.58. The molecule has 0 heterocycles. The minimum absolute atomic E-state index is 0. The normalized spacial score (nSPS) is 12.1. The standard InChI is InChI=1S/C10H19NO4.B/c1-6-7(8(12)14-5)11-9(13)15-10(2,3)4;/h7H,6H2,1-5H3,(H,11,13);. The SMILES string of the molecule is CCC(NC(=O)OC(C)(C)C)C(=O)OC.[B]. The maximum atomic E-state index is 11.3. The van der Waals surface area contributed by atoms with Crippen LogP contribution in [0.25, 0.3) is 0 Å². The maximum Gasteiger partial charge on any atom is 0.408 e. The zero-order valence-electron chi connectivity index (χ0n) is 10.5. The van der Waals surface area contributed by atoms with Crippen LogP contribution in [-0.2, 0) is 14.3 Å². The van der Waals surface area contributed by atoms with Crippen LogP contribution in [0.3, 0.4) is 0 Å². The topological polar surface area (TPSA) is 64.6 Å². The minimum atomic E-state index is -0.648. The van der Waals surface area contributed by atoms with Crippen molar-refractivity contribution in [3.63, 3.8) is 0 Å². The lowest BCUT2D eigenvalue weighted by molar-refractivity contribution is -0.143. The molecule has 0 aromatic heterocycles.